The number of hydrogen-bond acceptors (Lipinski definition) is 3. The van der Waals surface area contributed by atoms with Crippen LogP contribution in [0, 0.1) is 0 Å². The van der Waals surface area contributed by atoms with Crippen LogP contribution >= 0.6 is 0 Å². The molecule has 0 aromatic heterocycles. The van der Waals surface area contributed by atoms with E-state index in [1.807, 2.05) is 31.2 Å². The number of carboxylic acids is 1. The number of para-hydroxylation sites is 1. The van der Waals surface area contributed by atoms with Crippen molar-refractivity contribution in [3.05, 3.63) is 29.8 Å². The molecule has 0 bridgehead atoms. The van der Waals surface area contributed by atoms with Crippen molar-refractivity contribution in [1.82, 2.24) is 0 Å². The van der Waals surface area contributed by atoms with Crippen LogP contribution in [0.2, 0.25) is 0 Å². The number of methoxy groups -OCH3 is 1. The average molecular weight is 238 g/mol. The van der Waals surface area contributed by atoms with Crippen LogP contribution in [0.25, 0.3) is 0 Å². The first-order valence-corrected chi connectivity index (χ1v) is 5.65. The fourth-order valence-electron chi connectivity index (χ4n) is 1.55. The molecule has 1 atom stereocenters. The second-order valence-electron chi connectivity index (χ2n) is 3.71. The highest BCUT2D eigenvalue weighted by Gasteiger charge is 2.19. The molecule has 0 aliphatic carbocycles. The molecule has 0 amide bonds. The number of carboxylic acid groups (broad SMARTS) is 1. The van der Waals surface area contributed by atoms with Gasteiger partial charge in [-0.1, -0.05) is 25.1 Å². The summed E-state index contributed by atoms with van der Waals surface area (Å²) in [5.74, 6) is -0.247. The molecule has 0 unspecified atom stereocenters. The number of hydrogen-bond donors (Lipinski definition) is 1. The first-order chi connectivity index (χ1) is 8.19. The molecule has 0 saturated heterocycles. The third-order valence-electron chi connectivity index (χ3n) is 2.40. The van der Waals surface area contributed by atoms with Crippen molar-refractivity contribution in [3.63, 3.8) is 0 Å². The van der Waals surface area contributed by atoms with Crippen molar-refractivity contribution >= 4 is 5.97 Å². The Bertz CT molecular complexity index is 362. The highest BCUT2D eigenvalue weighted by atomic mass is 16.5. The van der Waals surface area contributed by atoms with Crippen LogP contribution < -0.4 is 4.74 Å². The normalized spacial score (nSPS) is 12.1. The Kier molecular flexibility index (Phi) is 5.49. The maximum Gasteiger partial charge on any atom is 0.333 e. The van der Waals surface area contributed by atoms with Crippen LogP contribution in [-0.4, -0.2) is 30.9 Å². The summed E-state index contributed by atoms with van der Waals surface area (Å²) < 4.78 is 10.5. The van der Waals surface area contributed by atoms with Crippen LogP contribution in [0.5, 0.6) is 5.75 Å². The fraction of sp³-hybridized carbons (Fsp3) is 0.462. The molecule has 0 saturated carbocycles. The summed E-state index contributed by atoms with van der Waals surface area (Å²) in [6, 6.07) is 7.37. The minimum atomic E-state index is -0.940. The van der Waals surface area contributed by atoms with Gasteiger partial charge in [-0.05, 0) is 18.1 Å². The highest BCUT2D eigenvalue weighted by molar-refractivity contribution is 5.73. The lowest BCUT2D eigenvalue weighted by Crippen LogP contribution is -2.26. The predicted molar refractivity (Wildman–Crippen MR) is 64.4 cm³/mol. The van der Waals surface area contributed by atoms with Crippen LogP contribution in [0.3, 0.4) is 0 Å². The maximum atomic E-state index is 11.0. The Morgan fingerprint density at radius 1 is 1.41 bits per heavy atom. The predicted octanol–water partition coefficient (Wildman–Crippen LogP) is 2.12. The van der Waals surface area contributed by atoms with E-state index in [2.05, 4.69) is 0 Å². The topological polar surface area (TPSA) is 55.8 Å². The van der Waals surface area contributed by atoms with Gasteiger partial charge >= 0.3 is 5.97 Å². The SMILES string of the molecule is CCCO[C@H](Cc1ccccc1OC)C(=O)O. The maximum absolute atomic E-state index is 11.0. The summed E-state index contributed by atoms with van der Waals surface area (Å²) in [5, 5.41) is 9.06. The van der Waals surface area contributed by atoms with Crippen molar-refractivity contribution in [3.8, 4) is 5.75 Å². The van der Waals surface area contributed by atoms with Gasteiger partial charge < -0.3 is 14.6 Å². The van der Waals surface area contributed by atoms with E-state index in [1.165, 1.54) is 0 Å². The van der Waals surface area contributed by atoms with Gasteiger partial charge in [0.15, 0.2) is 6.10 Å². The van der Waals surface area contributed by atoms with Crippen LogP contribution in [-0.2, 0) is 16.0 Å². The summed E-state index contributed by atoms with van der Waals surface area (Å²) in [7, 11) is 1.57. The van der Waals surface area contributed by atoms with Gasteiger partial charge in [0.25, 0.3) is 0 Å². The average Bonchev–Trinajstić information content (AvgIpc) is 2.34. The second-order valence-corrected chi connectivity index (χ2v) is 3.71. The van der Waals surface area contributed by atoms with E-state index in [9.17, 15) is 4.79 Å². The Hall–Kier alpha value is -1.55. The quantitative estimate of drug-likeness (QED) is 0.790. The minimum absolute atomic E-state index is 0.319. The van der Waals surface area contributed by atoms with Crippen LogP contribution in [0.1, 0.15) is 18.9 Å². The van der Waals surface area contributed by atoms with Gasteiger partial charge in [0.05, 0.1) is 7.11 Å². The van der Waals surface area contributed by atoms with Gasteiger partial charge in [0.2, 0.25) is 0 Å². The van der Waals surface area contributed by atoms with Gasteiger partial charge in [-0.15, -0.1) is 0 Å². The Balaban J connectivity index is 2.74. The zero-order valence-corrected chi connectivity index (χ0v) is 10.2. The number of rotatable bonds is 7. The van der Waals surface area contributed by atoms with E-state index >= 15 is 0 Å². The van der Waals surface area contributed by atoms with E-state index in [0.717, 1.165) is 12.0 Å². The summed E-state index contributed by atoms with van der Waals surface area (Å²) in [6.07, 6.45) is 0.306. The smallest absolute Gasteiger partial charge is 0.333 e. The largest absolute Gasteiger partial charge is 0.496 e. The number of benzene rings is 1. The molecule has 1 rings (SSSR count). The lowest BCUT2D eigenvalue weighted by molar-refractivity contribution is -0.150. The van der Waals surface area contributed by atoms with Gasteiger partial charge in [0, 0.05) is 13.0 Å². The molecule has 4 heteroatoms. The molecule has 17 heavy (non-hydrogen) atoms. The number of carbonyl (C=O) groups is 1. The molecule has 4 nitrogen and oxygen atoms in total. The fourth-order valence-corrected chi connectivity index (χ4v) is 1.55. The molecular formula is C13H18O4. The summed E-state index contributed by atoms with van der Waals surface area (Å²) in [6.45, 7) is 2.40. The molecule has 0 heterocycles. The molecule has 94 valence electrons. The van der Waals surface area contributed by atoms with E-state index in [-0.39, 0.29) is 0 Å². The Morgan fingerprint density at radius 3 is 2.71 bits per heavy atom. The molecule has 0 aliphatic heterocycles. The van der Waals surface area contributed by atoms with E-state index in [1.54, 1.807) is 7.11 Å². The van der Waals surface area contributed by atoms with Gasteiger partial charge in [-0.3, -0.25) is 0 Å². The summed E-state index contributed by atoms with van der Waals surface area (Å²) in [5.41, 5.74) is 0.846. The molecule has 1 aromatic rings. The molecule has 0 aliphatic rings. The molecular weight excluding hydrogens is 220 g/mol. The number of ether oxygens (including phenoxy) is 2. The number of aliphatic carboxylic acids is 1. The third-order valence-corrected chi connectivity index (χ3v) is 2.40. The van der Waals surface area contributed by atoms with Crippen molar-refractivity contribution in [1.29, 1.82) is 0 Å². The Morgan fingerprint density at radius 2 is 2.12 bits per heavy atom. The summed E-state index contributed by atoms with van der Waals surface area (Å²) >= 11 is 0. The van der Waals surface area contributed by atoms with Gasteiger partial charge in [-0.2, -0.15) is 0 Å². The van der Waals surface area contributed by atoms with Gasteiger partial charge in [0.1, 0.15) is 5.75 Å². The minimum Gasteiger partial charge on any atom is -0.496 e. The molecule has 1 aromatic carbocycles. The monoisotopic (exact) mass is 238 g/mol. The van der Waals surface area contributed by atoms with Crippen LogP contribution in [0.15, 0.2) is 24.3 Å². The zero-order valence-electron chi connectivity index (χ0n) is 10.2. The highest BCUT2D eigenvalue weighted by Crippen LogP contribution is 2.19. The third kappa shape index (κ3) is 4.07. The van der Waals surface area contributed by atoms with E-state index < -0.39 is 12.1 Å². The zero-order chi connectivity index (χ0) is 12.7. The lowest BCUT2D eigenvalue weighted by atomic mass is 10.1. The molecule has 0 fully saturated rings. The summed E-state index contributed by atoms with van der Waals surface area (Å²) in [4.78, 5) is 11.0. The second kappa shape index (κ2) is 6.91. The van der Waals surface area contributed by atoms with Gasteiger partial charge in [-0.25, -0.2) is 4.79 Å². The first kappa shape index (κ1) is 13.5. The van der Waals surface area contributed by atoms with Crippen molar-refractivity contribution < 1.29 is 19.4 Å². The standard InChI is InChI=1S/C13H18O4/c1-3-8-17-12(13(14)15)9-10-6-4-5-7-11(10)16-2/h4-7,12H,3,8-9H2,1-2H3,(H,14,15)/t12-/m1/s1. The van der Waals surface area contributed by atoms with Crippen LogP contribution in [0.4, 0.5) is 0 Å². The van der Waals surface area contributed by atoms with E-state index in [0.29, 0.717) is 18.8 Å². The lowest BCUT2D eigenvalue weighted by Gasteiger charge is -2.15. The van der Waals surface area contributed by atoms with Crippen molar-refractivity contribution in [2.24, 2.45) is 0 Å². The van der Waals surface area contributed by atoms with Crippen molar-refractivity contribution in [2.75, 3.05) is 13.7 Å². The van der Waals surface area contributed by atoms with E-state index in [4.69, 9.17) is 14.6 Å². The molecule has 1 N–H and O–H groups in total. The molecule has 0 spiro atoms. The Labute approximate surface area is 101 Å². The van der Waals surface area contributed by atoms with Crippen molar-refractivity contribution in [2.45, 2.75) is 25.9 Å². The first-order valence-electron chi connectivity index (χ1n) is 5.65. The molecule has 0 radical (unpaired) electrons.